The first kappa shape index (κ1) is 10.8. The quantitative estimate of drug-likeness (QED) is 0.731. The minimum atomic E-state index is 0.989. The monoisotopic (exact) mass is 228 g/mol. The molecule has 1 saturated carbocycles. The SMILES string of the molecule is c1ccc2c(CCCNCC3CC3)c[nH]c2c1. The highest BCUT2D eigenvalue weighted by molar-refractivity contribution is 5.82. The van der Waals surface area contributed by atoms with Crippen molar-refractivity contribution in [2.45, 2.75) is 25.7 Å². The van der Waals surface area contributed by atoms with Crippen LogP contribution in [0.15, 0.2) is 30.5 Å². The highest BCUT2D eigenvalue weighted by atomic mass is 14.9. The van der Waals surface area contributed by atoms with Crippen LogP contribution >= 0.6 is 0 Å². The van der Waals surface area contributed by atoms with Crippen LogP contribution in [0, 0.1) is 5.92 Å². The van der Waals surface area contributed by atoms with Crippen molar-refractivity contribution in [1.29, 1.82) is 0 Å². The van der Waals surface area contributed by atoms with Crippen molar-refractivity contribution in [3.05, 3.63) is 36.0 Å². The summed E-state index contributed by atoms with van der Waals surface area (Å²) in [4.78, 5) is 3.34. The molecular formula is C15H20N2. The number of aryl methyl sites for hydroxylation is 1. The molecule has 0 spiro atoms. The van der Waals surface area contributed by atoms with Crippen LogP contribution in [0.5, 0.6) is 0 Å². The lowest BCUT2D eigenvalue weighted by molar-refractivity contribution is 0.614. The second-order valence-corrected chi connectivity index (χ2v) is 5.11. The molecule has 0 bridgehead atoms. The number of fused-ring (bicyclic) bond motifs is 1. The van der Waals surface area contributed by atoms with Crippen molar-refractivity contribution in [3.63, 3.8) is 0 Å². The van der Waals surface area contributed by atoms with Gasteiger partial charge in [-0.05, 0) is 56.3 Å². The van der Waals surface area contributed by atoms with Crippen LogP contribution in [0.25, 0.3) is 10.9 Å². The minimum Gasteiger partial charge on any atom is -0.361 e. The lowest BCUT2D eigenvalue weighted by atomic mass is 10.1. The predicted octanol–water partition coefficient (Wildman–Crippen LogP) is 3.10. The lowest BCUT2D eigenvalue weighted by Gasteiger charge is -2.02. The van der Waals surface area contributed by atoms with Gasteiger partial charge in [0.2, 0.25) is 0 Å². The fourth-order valence-corrected chi connectivity index (χ4v) is 2.37. The van der Waals surface area contributed by atoms with E-state index in [4.69, 9.17) is 0 Å². The summed E-state index contributed by atoms with van der Waals surface area (Å²) in [6, 6.07) is 8.55. The molecule has 1 aromatic heterocycles. The maximum absolute atomic E-state index is 3.55. The molecule has 0 radical (unpaired) electrons. The maximum atomic E-state index is 3.55. The van der Waals surface area contributed by atoms with Crippen molar-refractivity contribution in [2.75, 3.05) is 13.1 Å². The van der Waals surface area contributed by atoms with Gasteiger partial charge in [-0.3, -0.25) is 0 Å². The summed E-state index contributed by atoms with van der Waals surface area (Å²) in [5.74, 6) is 0.989. The molecule has 2 heteroatoms. The fraction of sp³-hybridized carbons (Fsp3) is 0.467. The van der Waals surface area contributed by atoms with Gasteiger partial charge in [0, 0.05) is 17.1 Å². The van der Waals surface area contributed by atoms with Gasteiger partial charge in [0.1, 0.15) is 0 Å². The number of H-pyrrole nitrogens is 1. The van der Waals surface area contributed by atoms with E-state index in [1.807, 2.05) is 0 Å². The summed E-state index contributed by atoms with van der Waals surface area (Å²) in [6.07, 6.45) is 7.44. The van der Waals surface area contributed by atoms with E-state index in [1.165, 1.54) is 48.7 Å². The van der Waals surface area contributed by atoms with E-state index in [0.29, 0.717) is 0 Å². The summed E-state index contributed by atoms with van der Waals surface area (Å²) in [7, 11) is 0. The Morgan fingerprint density at radius 1 is 1.24 bits per heavy atom. The third-order valence-corrected chi connectivity index (χ3v) is 3.60. The number of hydrogen-bond donors (Lipinski definition) is 2. The van der Waals surface area contributed by atoms with Crippen LogP contribution in [0.4, 0.5) is 0 Å². The Balaban J connectivity index is 1.50. The molecule has 2 N–H and O–H groups in total. The Kier molecular flexibility index (Phi) is 3.14. The zero-order chi connectivity index (χ0) is 11.5. The largest absolute Gasteiger partial charge is 0.361 e. The van der Waals surface area contributed by atoms with Gasteiger partial charge in [-0.2, -0.15) is 0 Å². The van der Waals surface area contributed by atoms with Gasteiger partial charge in [-0.15, -0.1) is 0 Å². The number of rotatable bonds is 6. The van der Waals surface area contributed by atoms with Gasteiger partial charge >= 0.3 is 0 Å². The molecule has 1 aliphatic carbocycles. The van der Waals surface area contributed by atoms with Gasteiger partial charge < -0.3 is 10.3 Å². The summed E-state index contributed by atoms with van der Waals surface area (Å²) in [6.45, 7) is 2.38. The molecule has 1 aromatic carbocycles. The number of hydrogen-bond acceptors (Lipinski definition) is 1. The van der Waals surface area contributed by atoms with Crippen molar-refractivity contribution in [2.24, 2.45) is 5.92 Å². The number of nitrogens with one attached hydrogen (secondary N) is 2. The molecule has 90 valence electrons. The second-order valence-electron chi connectivity index (χ2n) is 5.11. The molecule has 0 atom stereocenters. The van der Waals surface area contributed by atoms with Crippen LogP contribution in [0.3, 0.4) is 0 Å². The number of aromatic nitrogens is 1. The average molecular weight is 228 g/mol. The molecular weight excluding hydrogens is 208 g/mol. The van der Waals surface area contributed by atoms with E-state index >= 15 is 0 Å². The van der Waals surface area contributed by atoms with Gasteiger partial charge in [0.05, 0.1) is 0 Å². The van der Waals surface area contributed by atoms with Crippen molar-refractivity contribution >= 4 is 10.9 Å². The van der Waals surface area contributed by atoms with Crippen molar-refractivity contribution in [3.8, 4) is 0 Å². The number of benzene rings is 1. The van der Waals surface area contributed by atoms with Gasteiger partial charge in [-0.1, -0.05) is 18.2 Å². The first-order valence-corrected chi connectivity index (χ1v) is 6.69. The Hall–Kier alpha value is -1.28. The third-order valence-electron chi connectivity index (χ3n) is 3.60. The smallest absolute Gasteiger partial charge is 0.0456 e. The van der Waals surface area contributed by atoms with Crippen molar-refractivity contribution in [1.82, 2.24) is 10.3 Å². The van der Waals surface area contributed by atoms with Gasteiger partial charge in [-0.25, -0.2) is 0 Å². The van der Waals surface area contributed by atoms with E-state index in [1.54, 1.807) is 0 Å². The van der Waals surface area contributed by atoms with E-state index < -0.39 is 0 Å². The normalized spacial score (nSPS) is 15.5. The molecule has 0 aliphatic heterocycles. The summed E-state index contributed by atoms with van der Waals surface area (Å²) in [5, 5.41) is 4.93. The first-order chi connectivity index (χ1) is 8.43. The molecule has 1 aliphatic rings. The zero-order valence-electron chi connectivity index (χ0n) is 10.2. The van der Waals surface area contributed by atoms with Gasteiger partial charge in [0.25, 0.3) is 0 Å². The number of para-hydroxylation sites is 1. The molecule has 1 fully saturated rings. The lowest BCUT2D eigenvalue weighted by Crippen LogP contribution is -2.18. The number of aromatic amines is 1. The van der Waals surface area contributed by atoms with Crippen LogP contribution in [0.2, 0.25) is 0 Å². The van der Waals surface area contributed by atoms with Gasteiger partial charge in [0.15, 0.2) is 0 Å². The first-order valence-electron chi connectivity index (χ1n) is 6.69. The summed E-state index contributed by atoms with van der Waals surface area (Å²) in [5.41, 5.74) is 2.71. The Labute approximate surface area is 102 Å². The van der Waals surface area contributed by atoms with Crippen LogP contribution < -0.4 is 5.32 Å². The Morgan fingerprint density at radius 3 is 3.00 bits per heavy atom. The molecule has 0 unspecified atom stereocenters. The molecule has 2 nitrogen and oxygen atoms in total. The average Bonchev–Trinajstić information content (AvgIpc) is 3.09. The fourth-order valence-electron chi connectivity index (χ4n) is 2.37. The third kappa shape index (κ3) is 2.70. The molecule has 3 rings (SSSR count). The minimum absolute atomic E-state index is 0.989. The Morgan fingerprint density at radius 2 is 2.12 bits per heavy atom. The van der Waals surface area contributed by atoms with Crippen LogP contribution in [-0.2, 0) is 6.42 Å². The maximum Gasteiger partial charge on any atom is 0.0456 e. The molecule has 2 aromatic rings. The highest BCUT2D eigenvalue weighted by Crippen LogP contribution is 2.27. The zero-order valence-corrected chi connectivity index (χ0v) is 10.2. The van der Waals surface area contributed by atoms with E-state index in [-0.39, 0.29) is 0 Å². The second kappa shape index (κ2) is 4.92. The van der Waals surface area contributed by atoms with E-state index in [0.717, 1.165) is 12.5 Å². The van der Waals surface area contributed by atoms with E-state index in [2.05, 4.69) is 40.8 Å². The Bertz CT molecular complexity index is 482. The molecule has 1 heterocycles. The predicted molar refractivity (Wildman–Crippen MR) is 72.2 cm³/mol. The van der Waals surface area contributed by atoms with Crippen LogP contribution in [-0.4, -0.2) is 18.1 Å². The van der Waals surface area contributed by atoms with Crippen molar-refractivity contribution < 1.29 is 0 Å². The highest BCUT2D eigenvalue weighted by Gasteiger charge is 2.19. The standard InChI is InChI=1S/C15H20N2/c1-2-6-15-14(5-1)13(11-17-15)4-3-9-16-10-12-7-8-12/h1-2,5-6,11-12,16-17H,3-4,7-10H2. The molecule has 0 saturated heterocycles. The molecule has 0 amide bonds. The summed E-state index contributed by atoms with van der Waals surface area (Å²) >= 11 is 0. The molecule has 17 heavy (non-hydrogen) atoms. The van der Waals surface area contributed by atoms with E-state index in [9.17, 15) is 0 Å². The van der Waals surface area contributed by atoms with Crippen LogP contribution in [0.1, 0.15) is 24.8 Å². The topological polar surface area (TPSA) is 27.8 Å². The summed E-state index contributed by atoms with van der Waals surface area (Å²) < 4.78 is 0.